The van der Waals surface area contributed by atoms with E-state index in [9.17, 15) is 9.59 Å². The van der Waals surface area contributed by atoms with Crippen LogP contribution in [0.15, 0.2) is 30.3 Å². The normalized spacial score (nSPS) is 15.9. The number of anilines is 1. The minimum absolute atomic E-state index is 0.431. The lowest BCUT2D eigenvalue weighted by molar-refractivity contribution is -0.136. The first kappa shape index (κ1) is 19.3. The Bertz CT molecular complexity index is 826. The van der Waals surface area contributed by atoms with Gasteiger partial charge in [-0.3, -0.25) is 14.6 Å². The molecule has 1 aromatic heterocycles. The van der Waals surface area contributed by atoms with E-state index < -0.39 is 11.8 Å². The lowest BCUT2D eigenvalue weighted by atomic mass is 9.96. The SMILES string of the molecule is Cc1cc(NC(=O)C(=O)NCC2CCN(C(C)C)CC2)c2ccccc2n1. The maximum Gasteiger partial charge on any atom is 0.313 e. The summed E-state index contributed by atoms with van der Waals surface area (Å²) in [7, 11) is 0. The number of aromatic nitrogens is 1. The summed E-state index contributed by atoms with van der Waals surface area (Å²) < 4.78 is 0. The van der Waals surface area contributed by atoms with E-state index in [-0.39, 0.29) is 0 Å². The third-order valence-electron chi connectivity index (χ3n) is 5.23. The molecule has 27 heavy (non-hydrogen) atoms. The highest BCUT2D eigenvalue weighted by atomic mass is 16.2. The van der Waals surface area contributed by atoms with E-state index >= 15 is 0 Å². The Morgan fingerprint density at radius 1 is 1.19 bits per heavy atom. The zero-order valence-corrected chi connectivity index (χ0v) is 16.3. The number of benzene rings is 1. The molecule has 0 atom stereocenters. The number of hydrogen-bond acceptors (Lipinski definition) is 4. The average Bonchev–Trinajstić information content (AvgIpc) is 2.66. The molecule has 0 unspecified atom stereocenters. The third kappa shape index (κ3) is 4.83. The number of pyridine rings is 1. The van der Waals surface area contributed by atoms with Crippen molar-refractivity contribution < 1.29 is 9.59 Å². The molecular weight excluding hydrogens is 340 g/mol. The highest BCUT2D eigenvalue weighted by Crippen LogP contribution is 2.23. The maximum atomic E-state index is 12.3. The number of fused-ring (bicyclic) bond motifs is 1. The van der Waals surface area contributed by atoms with Gasteiger partial charge < -0.3 is 15.5 Å². The molecule has 0 radical (unpaired) electrons. The smallest absolute Gasteiger partial charge is 0.313 e. The predicted molar refractivity (Wildman–Crippen MR) is 108 cm³/mol. The van der Waals surface area contributed by atoms with Crippen LogP contribution in [-0.2, 0) is 9.59 Å². The van der Waals surface area contributed by atoms with Crippen LogP contribution in [-0.4, -0.2) is 47.4 Å². The van der Waals surface area contributed by atoms with Gasteiger partial charge in [-0.15, -0.1) is 0 Å². The standard InChI is InChI=1S/C21H28N4O2/c1-14(2)25-10-8-16(9-11-25)13-22-20(26)21(27)24-19-12-15(3)23-18-7-5-4-6-17(18)19/h4-7,12,14,16H,8-11,13H2,1-3H3,(H,22,26)(H,23,24,27). The largest absolute Gasteiger partial charge is 0.348 e. The van der Waals surface area contributed by atoms with Crippen LogP contribution in [0.25, 0.3) is 10.9 Å². The van der Waals surface area contributed by atoms with Crippen molar-refractivity contribution in [1.82, 2.24) is 15.2 Å². The summed E-state index contributed by atoms with van der Waals surface area (Å²) in [4.78, 5) is 31.5. The highest BCUT2D eigenvalue weighted by Gasteiger charge is 2.22. The van der Waals surface area contributed by atoms with Crippen molar-refractivity contribution in [3.63, 3.8) is 0 Å². The summed E-state index contributed by atoms with van der Waals surface area (Å²) in [5.41, 5.74) is 2.20. The number of carbonyl (C=O) groups excluding carboxylic acids is 2. The van der Waals surface area contributed by atoms with Crippen molar-refractivity contribution in [3.05, 3.63) is 36.0 Å². The fourth-order valence-corrected chi connectivity index (χ4v) is 3.58. The number of aryl methyl sites for hydroxylation is 1. The maximum absolute atomic E-state index is 12.3. The Labute approximate surface area is 160 Å². The van der Waals surface area contributed by atoms with Crippen LogP contribution in [0.4, 0.5) is 5.69 Å². The van der Waals surface area contributed by atoms with E-state index in [1.54, 1.807) is 6.07 Å². The molecule has 0 saturated carbocycles. The summed E-state index contributed by atoms with van der Waals surface area (Å²) in [6, 6.07) is 9.91. The van der Waals surface area contributed by atoms with E-state index in [0.29, 0.717) is 24.2 Å². The molecule has 3 rings (SSSR count). The number of piperidine rings is 1. The van der Waals surface area contributed by atoms with Crippen molar-refractivity contribution in [2.75, 3.05) is 25.0 Å². The molecule has 1 saturated heterocycles. The van der Waals surface area contributed by atoms with Gasteiger partial charge in [0.25, 0.3) is 0 Å². The van der Waals surface area contributed by atoms with Crippen LogP contribution in [0.3, 0.4) is 0 Å². The Kier molecular flexibility index (Phi) is 6.06. The van der Waals surface area contributed by atoms with E-state index in [4.69, 9.17) is 0 Å². The molecule has 144 valence electrons. The second-order valence-corrected chi connectivity index (χ2v) is 7.57. The molecule has 0 spiro atoms. The molecule has 0 aliphatic carbocycles. The van der Waals surface area contributed by atoms with Gasteiger partial charge in [0, 0.05) is 23.7 Å². The number of hydrogen-bond donors (Lipinski definition) is 2. The molecule has 1 aromatic carbocycles. The van der Waals surface area contributed by atoms with Gasteiger partial charge in [-0.2, -0.15) is 0 Å². The summed E-state index contributed by atoms with van der Waals surface area (Å²) in [6.45, 7) is 8.92. The van der Waals surface area contributed by atoms with Crippen molar-refractivity contribution >= 4 is 28.4 Å². The first-order chi connectivity index (χ1) is 12.9. The fourth-order valence-electron chi connectivity index (χ4n) is 3.58. The molecular formula is C21H28N4O2. The van der Waals surface area contributed by atoms with E-state index in [1.807, 2.05) is 31.2 Å². The first-order valence-electron chi connectivity index (χ1n) is 9.63. The van der Waals surface area contributed by atoms with Crippen molar-refractivity contribution in [2.45, 2.75) is 39.7 Å². The Morgan fingerprint density at radius 3 is 2.59 bits per heavy atom. The second kappa shape index (κ2) is 8.48. The van der Waals surface area contributed by atoms with Gasteiger partial charge in [0.2, 0.25) is 0 Å². The zero-order chi connectivity index (χ0) is 19.4. The van der Waals surface area contributed by atoms with E-state index in [0.717, 1.165) is 42.5 Å². The molecule has 6 heteroatoms. The van der Waals surface area contributed by atoms with Crippen LogP contribution >= 0.6 is 0 Å². The van der Waals surface area contributed by atoms with Crippen LogP contribution < -0.4 is 10.6 Å². The van der Waals surface area contributed by atoms with Gasteiger partial charge in [-0.1, -0.05) is 18.2 Å². The van der Waals surface area contributed by atoms with Crippen LogP contribution in [0.2, 0.25) is 0 Å². The predicted octanol–water partition coefficient (Wildman–Crippen LogP) is 2.72. The van der Waals surface area contributed by atoms with Gasteiger partial charge in [0.05, 0.1) is 11.2 Å². The molecule has 0 bridgehead atoms. The van der Waals surface area contributed by atoms with Gasteiger partial charge in [-0.25, -0.2) is 0 Å². The topological polar surface area (TPSA) is 74.3 Å². The molecule has 6 nitrogen and oxygen atoms in total. The van der Waals surface area contributed by atoms with Crippen LogP contribution in [0.1, 0.15) is 32.4 Å². The summed E-state index contributed by atoms with van der Waals surface area (Å²) in [5, 5.41) is 6.35. The molecule has 2 amide bonds. The zero-order valence-electron chi connectivity index (χ0n) is 16.3. The average molecular weight is 368 g/mol. The van der Waals surface area contributed by atoms with Crippen molar-refractivity contribution in [1.29, 1.82) is 0 Å². The number of likely N-dealkylation sites (tertiary alicyclic amines) is 1. The molecule has 2 aromatic rings. The van der Waals surface area contributed by atoms with E-state index in [2.05, 4.69) is 34.4 Å². The fraction of sp³-hybridized carbons (Fsp3) is 0.476. The van der Waals surface area contributed by atoms with Gasteiger partial charge >= 0.3 is 11.8 Å². The number of para-hydroxylation sites is 1. The number of nitrogens with one attached hydrogen (secondary N) is 2. The molecule has 2 heterocycles. The van der Waals surface area contributed by atoms with Crippen LogP contribution in [0.5, 0.6) is 0 Å². The molecule has 1 fully saturated rings. The monoisotopic (exact) mass is 368 g/mol. The number of nitrogens with zero attached hydrogens (tertiary/aromatic N) is 2. The Morgan fingerprint density at radius 2 is 1.89 bits per heavy atom. The summed E-state index contributed by atoms with van der Waals surface area (Å²) in [6.07, 6.45) is 2.10. The Hall–Kier alpha value is -2.47. The number of rotatable bonds is 4. The minimum Gasteiger partial charge on any atom is -0.348 e. The quantitative estimate of drug-likeness (QED) is 0.814. The van der Waals surface area contributed by atoms with Crippen LogP contribution in [0, 0.1) is 12.8 Å². The number of amides is 2. The molecule has 1 aliphatic heterocycles. The van der Waals surface area contributed by atoms with Gasteiger partial charge in [-0.05, 0) is 64.8 Å². The third-order valence-corrected chi connectivity index (χ3v) is 5.23. The summed E-state index contributed by atoms with van der Waals surface area (Å²) >= 11 is 0. The van der Waals surface area contributed by atoms with Gasteiger partial charge in [0.15, 0.2) is 0 Å². The minimum atomic E-state index is -0.634. The van der Waals surface area contributed by atoms with E-state index in [1.165, 1.54) is 0 Å². The van der Waals surface area contributed by atoms with Gasteiger partial charge in [0.1, 0.15) is 0 Å². The molecule has 2 N–H and O–H groups in total. The Balaban J connectivity index is 1.55. The number of carbonyl (C=O) groups is 2. The molecule has 1 aliphatic rings. The van der Waals surface area contributed by atoms with Crippen molar-refractivity contribution in [3.8, 4) is 0 Å². The lowest BCUT2D eigenvalue weighted by Crippen LogP contribution is -2.43. The summed E-state index contributed by atoms with van der Waals surface area (Å²) in [5.74, 6) is -0.786. The highest BCUT2D eigenvalue weighted by molar-refractivity contribution is 6.40. The van der Waals surface area contributed by atoms with Crippen molar-refractivity contribution in [2.24, 2.45) is 5.92 Å². The lowest BCUT2D eigenvalue weighted by Gasteiger charge is -2.34. The second-order valence-electron chi connectivity index (χ2n) is 7.57. The first-order valence-corrected chi connectivity index (χ1v) is 9.63.